The lowest BCUT2D eigenvalue weighted by Crippen LogP contribution is -2.40. The molecule has 1 aromatic rings. The van der Waals surface area contributed by atoms with Gasteiger partial charge in [-0.05, 0) is 45.4 Å². The van der Waals surface area contributed by atoms with E-state index in [1.165, 1.54) is 6.07 Å². The minimum atomic E-state index is -4.71. The van der Waals surface area contributed by atoms with Crippen LogP contribution >= 0.6 is 0 Å². The third kappa shape index (κ3) is 4.75. The van der Waals surface area contributed by atoms with E-state index in [4.69, 9.17) is 4.74 Å². The van der Waals surface area contributed by atoms with Crippen LogP contribution in [-0.4, -0.2) is 30.8 Å². The molecule has 0 saturated carbocycles. The summed E-state index contributed by atoms with van der Waals surface area (Å²) in [5.74, 6) is -1.30. The number of anilines is 1. The summed E-state index contributed by atoms with van der Waals surface area (Å²) in [4.78, 5) is 13.5. The first-order valence-corrected chi connectivity index (χ1v) is 7.57. The Morgan fingerprint density at radius 1 is 1.29 bits per heavy atom. The number of carbonyl (C=O) groups excluding carboxylic acids is 1. The Kier molecular flexibility index (Phi) is 4.96. The predicted molar refractivity (Wildman–Crippen MR) is 81.4 cm³/mol. The molecular formula is C16H20F4N2O2. The van der Waals surface area contributed by atoms with Crippen LogP contribution in [0.15, 0.2) is 18.2 Å². The van der Waals surface area contributed by atoms with Gasteiger partial charge in [-0.15, -0.1) is 0 Å². The lowest BCUT2D eigenvalue weighted by molar-refractivity contribution is -0.139. The fourth-order valence-electron chi connectivity index (χ4n) is 2.52. The molecule has 1 N–H and O–H groups in total. The van der Waals surface area contributed by atoms with Crippen LogP contribution in [-0.2, 0) is 10.9 Å². The van der Waals surface area contributed by atoms with Gasteiger partial charge in [-0.2, -0.15) is 13.2 Å². The number of carbonyl (C=O) groups is 1. The van der Waals surface area contributed by atoms with Gasteiger partial charge in [-0.1, -0.05) is 0 Å². The number of rotatable bonds is 2. The maximum Gasteiger partial charge on any atom is 0.419 e. The standard InChI is InChI=1S/C16H20F4N2O2/c1-15(2,3)24-14(23)21-10-6-7-22(9-10)11-4-5-12(13(17)8-11)16(18,19)20/h4-5,8,10H,6-7,9H2,1-3H3,(H,21,23). The molecule has 0 spiro atoms. The molecule has 1 fully saturated rings. The Bertz CT molecular complexity index is 611. The summed E-state index contributed by atoms with van der Waals surface area (Å²) in [6.45, 7) is 6.13. The number of alkyl carbamates (subject to hydrolysis) is 1. The number of benzene rings is 1. The van der Waals surface area contributed by atoms with Crippen LogP contribution in [0.2, 0.25) is 0 Å². The van der Waals surface area contributed by atoms with E-state index in [1.807, 2.05) is 0 Å². The van der Waals surface area contributed by atoms with Crippen molar-refractivity contribution < 1.29 is 27.1 Å². The summed E-state index contributed by atoms with van der Waals surface area (Å²) >= 11 is 0. The second-order valence-corrected chi connectivity index (χ2v) is 6.74. The SMILES string of the molecule is CC(C)(C)OC(=O)NC1CCN(c2ccc(C(F)(F)F)c(F)c2)C1. The number of nitrogens with one attached hydrogen (secondary N) is 1. The highest BCUT2D eigenvalue weighted by molar-refractivity contribution is 5.68. The molecule has 1 aliphatic rings. The van der Waals surface area contributed by atoms with Gasteiger partial charge in [0.2, 0.25) is 0 Å². The average molecular weight is 348 g/mol. The molecule has 1 unspecified atom stereocenters. The van der Waals surface area contributed by atoms with Crippen LogP contribution in [0, 0.1) is 5.82 Å². The van der Waals surface area contributed by atoms with Gasteiger partial charge >= 0.3 is 12.3 Å². The van der Waals surface area contributed by atoms with Crippen molar-refractivity contribution in [1.29, 1.82) is 0 Å². The molecule has 0 aliphatic carbocycles. The third-order valence-corrected chi connectivity index (χ3v) is 3.53. The second-order valence-electron chi connectivity index (χ2n) is 6.74. The number of ether oxygens (including phenoxy) is 1. The predicted octanol–water partition coefficient (Wildman–Crippen LogP) is 3.95. The number of alkyl halides is 3. The number of hydrogen-bond acceptors (Lipinski definition) is 3. The maximum atomic E-state index is 13.7. The van der Waals surface area contributed by atoms with Crippen LogP contribution in [0.1, 0.15) is 32.8 Å². The van der Waals surface area contributed by atoms with Crippen molar-refractivity contribution >= 4 is 11.8 Å². The Labute approximate surface area is 137 Å². The summed E-state index contributed by atoms with van der Waals surface area (Å²) in [6, 6.07) is 2.64. The number of amides is 1. The zero-order valence-electron chi connectivity index (χ0n) is 13.7. The maximum absolute atomic E-state index is 13.7. The van der Waals surface area contributed by atoms with Gasteiger partial charge in [-0.25, -0.2) is 9.18 Å². The van der Waals surface area contributed by atoms with Crippen LogP contribution in [0.5, 0.6) is 0 Å². The van der Waals surface area contributed by atoms with Crippen LogP contribution in [0.3, 0.4) is 0 Å². The van der Waals surface area contributed by atoms with Crippen LogP contribution in [0.4, 0.5) is 28.0 Å². The van der Waals surface area contributed by atoms with Crippen molar-refractivity contribution in [3.05, 3.63) is 29.6 Å². The molecule has 1 amide bonds. The van der Waals surface area contributed by atoms with E-state index in [0.717, 1.165) is 12.1 Å². The van der Waals surface area contributed by atoms with E-state index in [-0.39, 0.29) is 6.04 Å². The number of halogens is 4. The fourth-order valence-corrected chi connectivity index (χ4v) is 2.52. The van der Waals surface area contributed by atoms with E-state index in [0.29, 0.717) is 25.2 Å². The van der Waals surface area contributed by atoms with Crippen molar-refractivity contribution in [3.63, 3.8) is 0 Å². The highest BCUT2D eigenvalue weighted by Gasteiger charge is 2.34. The lowest BCUT2D eigenvalue weighted by Gasteiger charge is -2.22. The molecule has 4 nitrogen and oxygen atoms in total. The molecule has 1 aliphatic heterocycles. The molecule has 1 heterocycles. The molecule has 1 saturated heterocycles. The largest absolute Gasteiger partial charge is 0.444 e. The van der Waals surface area contributed by atoms with Gasteiger partial charge in [-0.3, -0.25) is 0 Å². The quantitative estimate of drug-likeness (QED) is 0.823. The second kappa shape index (κ2) is 6.49. The van der Waals surface area contributed by atoms with Gasteiger partial charge < -0.3 is 15.0 Å². The molecule has 8 heteroatoms. The van der Waals surface area contributed by atoms with Crippen molar-refractivity contribution in [3.8, 4) is 0 Å². The van der Waals surface area contributed by atoms with Gasteiger partial charge in [0, 0.05) is 18.8 Å². The van der Waals surface area contributed by atoms with E-state index in [2.05, 4.69) is 5.32 Å². The van der Waals surface area contributed by atoms with Gasteiger partial charge in [0.25, 0.3) is 0 Å². The fraction of sp³-hybridized carbons (Fsp3) is 0.562. The Morgan fingerprint density at radius 2 is 1.96 bits per heavy atom. The Hall–Kier alpha value is -1.99. The first-order chi connectivity index (χ1) is 11.0. The zero-order valence-corrected chi connectivity index (χ0v) is 13.7. The average Bonchev–Trinajstić information content (AvgIpc) is 2.83. The van der Waals surface area contributed by atoms with Crippen molar-refractivity contribution in [2.45, 2.75) is 45.0 Å². The number of hydrogen-bond donors (Lipinski definition) is 1. The van der Waals surface area contributed by atoms with Gasteiger partial charge in [0.1, 0.15) is 11.4 Å². The highest BCUT2D eigenvalue weighted by Crippen LogP contribution is 2.33. The van der Waals surface area contributed by atoms with E-state index >= 15 is 0 Å². The molecule has 1 atom stereocenters. The summed E-state index contributed by atoms with van der Waals surface area (Å²) in [5.41, 5.74) is -1.54. The van der Waals surface area contributed by atoms with Gasteiger partial charge in [0.05, 0.1) is 11.6 Å². The van der Waals surface area contributed by atoms with E-state index in [9.17, 15) is 22.4 Å². The molecule has 0 aromatic heterocycles. The summed E-state index contributed by atoms with van der Waals surface area (Å²) < 4.78 is 56.6. The first kappa shape index (κ1) is 18.4. The van der Waals surface area contributed by atoms with Crippen LogP contribution < -0.4 is 10.2 Å². The smallest absolute Gasteiger partial charge is 0.419 e. The Balaban J connectivity index is 1.98. The van der Waals surface area contributed by atoms with Crippen LogP contribution in [0.25, 0.3) is 0 Å². The highest BCUT2D eigenvalue weighted by atomic mass is 19.4. The molecule has 2 rings (SSSR count). The molecule has 134 valence electrons. The Morgan fingerprint density at radius 3 is 2.50 bits per heavy atom. The molecule has 0 bridgehead atoms. The third-order valence-electron chi connectivity index (χ3n) is 3.53. The molecule has 24 heavy (non-hydrogen) atoms. The molecular weight excluding hydrogens is 328 g/mol. The van der Waals surface area contributed by atoms with Crippen molar-refractivity contribution in [1.82, 2.24) is 5.32 Å². The van der Waals surface area contributed by atoms with E-state index < -0.39 is 29.3 Å². The summed E-state index contributed by atoms with van der Waals surface area (Å²) in [7, 11) is 0. The zero-order chi connectivity index (χ0) is 18.1. The minimum Gasteiger partial charge on any atom is -0.444 e. The summed E-state index contributed by atoms with van der Waals surface area (Å²) in [6.07, 6.45) is -4.66. The van der Waals surface area contributed by atoms with Gasteiger partial charge in [0.15, 0.2) is 0 Å². The van der Waals surface area contributed by atoms with Crippen molar-refractivity contribution in [2.75, 3.05) is 18.0 Å². The normalized spacial score (nSPS) is 18.6. The monoisotopic (exact) mass is 348 g/mol. The van der Waals surface area contributed by atoms with Crippen molar-refractivity contribution in [2.24, 2.45) is 0 Å². The first-order valence-electron chi connectivity index (χ1n) is 7.57. The lowest BCUT2D eigenvalue weighted by atomic mass is 10.1. The topological polar surface area (TPSA) is 41.6 Å². The number of nitrogens with zero attached hydrogens (tertiary/aromatic N) is 1. The van der Waals surface area contributed by atoms with E-state index in [1.54, 1.807) is 25.7 Å². The minimum absolute atomic E-state index is 0.204. The molecule has 0 radical (unpaired) electrons. The summed E-state index contributed by atoms with van der Waals surface area (Å²) in [5, 5.41) is 2.71. The molecule has 1 aromatic carbocycles.